The summed E-state index contributed by atoms with van der Waals surface area (Å²) in [5.41, 5.74) is 4.88. The molecule has 0 spiro atoms. The first-order chi connectivity index (χ1) is 14.0. The SMILES string of the molecule is CCCC/C(=N/N)N(CC1C(=N/C=C(/O)C=N)C1C)c1c(CC)cccc1CC. The summed E-state index contributed by atoms with van der Waals surface area (Å²) < 4.78 is 0. The average molecular weight is 398 g/mol. The molecule has 2 atom stereocenters. The van der Waals surface area contributed by atoms with E-state index in [1.807, 2.05) is 0 Å². The van der Waals surface area contributed by atoms with Gasteiger partial charge in [0, 0.05) is 36.2 Å². The minimum atomic E-state index is -0.135. The molecule has 158 valence electrons. The fraction of sp³-hybridized carbons (Fsp3) is 0.522. The van der Waals surface area contributed by atoms with Crippen LogP contribution < -0.4 is 10.7 Å². The van der Waals surface area contributed by atoms with Crippen LogP contribution in [0.4, 0.5) is 5.69 Å². The zero-order valence-corrected chi connectivity index (χ0v) is 18.2. The second-order valence-electron chi connectivity index (χ2n) is 7.54. The number of rotatable bonds is 10. The van der Waals surface area contributed by atoms with Gasteiger partial charge < -0.3 is 21.3 Å². The van der Waals surface area contributed by atoms with E-state index in [4.69, 9.17) is 11.3 Å². The van der Waals surface area contributed by atoms with Crippen molar-refractivity contribution in [1.82, 2.24) is 0 Å². The quantitative estimate of drug-likeness (QED) is 0.173. The van der Waals surface area contributed by atoms with Crippen LogP contribution in [0, 0.1) is 17.2 Å². The van der Waals surface area contributed by atoms with Gasteiger partial charge in [-0.2, -0.15) is 5.10 Å². The van der Waals surface area contributed by atoms with Crippen LogP contribution >= 0.6 is 0 Å². The normalized spacial score (nSPS) is 20.8. The number of hydrogen-bond donors (Lipinski definition) is 3. The van der Waals surface area contributed by atoms with Crippen LogP contribution in [0.1, 0.15) is 58.1 Å². The number of unbranched alkanes of at least 4 members (excludes halogenated alkanes) is 1. The Labute approximate surface area is 174 Å². The van der Waals surface area contributed by atoms with Gasteiger partial charge in [-0.1, -0.05) is 52.3 Å². The molecule has 6 heteroatoms. The molecule has 0 bridgehead atoms. The zero-order chi connectivity index (χ0) is 21.4. The Hall–Kier alpha value is -2.63. The summed E-state index contributed by atoms with van der Waals surface area (Å²) in [7, 11) is 0. The largest absolute Gasteiger partial charge is 0.505 e. The first-order valence-electron chi connectivity index (χ1n) is 10.6. The number of nitrogens with two attached hydrogens (primary N) is 1. The molecule has 1 aliphatic carbocycles. The van der Waals surface area contributed by atoms with Crippen LogP contribution in [0.5, 0.6) is 0 Å². The molecule has 1 aromatic rings. The van der Waals surface area contributed by atoms with Gasteiger partial charge in [0.2, 0.25) is 0 Å². The van der Waals surface area contributed by atoms with E-state index in [-0.39, 0.29) is 11.7 Å². The Morgan fingerprint density at radius 3 is 2.41 bits per heavy atom. The van der Waals surface area contributed by atoms with Crippen molar-refractivity contribution in [2.75, 3.05) is 11.4 Å². The maximum atomic E-state index is 9.49. The molecule has 0 saturated heterocycles. The van der Waals surface area contributed by atoms with Crippen molar-refractivity contribution in [2.24, 2.45) is 27.8 Å². The van der Waals surface area contributed by atoms with E-state index in [0.29, 0.717) is 5.92 Å². The smallest absolute Gasteiger partial charge is 0.151 e. The molecular weight excluding hydrogens is 362 g/mol. The van der Waals surface area contributed by atoms with E-state index in [1.54, 1.807) is 0 Å². The van der Waals surface area contributed by atoms with Gasteiger partial charge in [-0.05, 0) is 30.4 Å². The fourth-order valence-corrected chi connectivity index (χ4v) is 3.78. The predicted octanol–water partition coefficient (Wildman–Crippen LogP) is 4.84. The minimum Gasteiger partial charge on any atom is -0.505 e. The van der Waals surface area contributed by atoms with E-state index in [9.17, 15) is 5.11 Å². The van der Waals surface area contributed by atoms with Crippen molar-refractivity contribution >= 4 is 23.4 Å². The van der Waals surface area contributed by atoms with Gasteiger partial charge in [0.15, 0.2) is 5.76 Å². The number of hydrazone groups is 1. The molecule has 0 radical (unpaired) electrons. The molecule has 0 heterocycles. The Bertz CT molecular complexity index is 774. The van der Waals surface area contributed by atoms with E-state index in [0.717, 1.165) is 56.4 Å². The number of allylic oxidation sites excluding steroid dienone is 1. The van der Waals surface area contributed by atoms with Gasteiger partial charge in [-0.25, -0.2) is 0 Å². The zero-order valence-electron chi connectivity index (χ0n) is 18.2. The van der Waals surface area contributed by atoms with Gasteiger partial charge in [0.05, 0.1) is 12.4 Å². The molecule has 2 unspecified atom stereocenters. The Morgan fingerprint density at radius 2 is 1.90 bits per heavy atom. The maximum absolute atomic E-state index is 9.49. The van der Waals surface area contributed by atoms with E-state index >= 15 is 0 Å². The highest BCUT2D eigenvalue weighted by molar-refractivity contribution is 6.07. The number of benzene rings is 1. The van der Waals surface area contributed by atoms with Crippen LogP contribution in [-0.4, -0.2) is 29.4 Å². The Morgan fingerprint density at radius 1 is 1.24 bits per heavy atom. The molecule has 1 saturated carbocycles. The standard InChI is InChI=1S/C23H35N5O/c1-5-8-12-21(27-25)28(23-17(6-2)10-9-11-18(23)7-3)15-20-16(4)22(20)26-14-19(29)13-24/h9-11,13-14,16,20,24,29H,5-8,12,15,25H2,1-4H3/b19-14+,24-13?,26-22?,27-21-. The maximum Gasteiger partial charge on any atom is 0.151 e. The number of aliphatic imine (C=N–C) groups is 1. The number of nitrogens with zero attached hydrogens (tertiary/aromatic N) is 3. The number of aliphatic hydroxyl groups excluding tert-OH is 1. The molecular formula is C23H35N5O. The monoisotopic (exact) mass is 397 g/mol. The lowest BCUT2D eigenvalue weighted by molar-refractivity contribution is 0.444. The number of para-hydroxylation sites is 1. The van der Waals surface area contributed by atoms with Crippen LogP contribution in [-0.2, 0) is 12.8 Å². The number of aliphatic hydroxyl groups is 1. The highest BCUT2D eigenvalue weighted by atomic mass is 16.3. The van der Waals surface area contributed by atoms with Gasteiger partial charge in [0.25, 0.3) is 0 Å². The van der Waals surface area contributed by atoms with Crippen molar-refractivity contribution in [2.45, 2.75) is 59.8 Å². The predicted molar refractivity (Wildman–Crippen MR) is 123 cm³/mol. The molecule has 2 rings (SSSR count). The molecule has 0 aromatic heterocycles. The molecule has 1 aromatic carbocycles. The number of anilines is 1. The third-order valence-corrected chi connectivity index (χ3v) is 5.66. The molecule has 1 fully saturated rings. The topological polar surface area (TPSA) is 98.1 Å². The van der Waals surface area contributed by atoms with E-state index in [2.05, 4.69) is 60.9 Å². The lowest BCUT2D eigenvalue weighted by Gasteiger charge is -2.30. The van der Waals surface area contributed by atoms with Crippen molar-refractivity contribution in [1.29, 1.82) is 5.41 Å². The molecule has 0 amide bonds. The number of hydrogen-bond acceptors (Lipinski definition) is 5. The van der Waals surface area contributed by atoms with Crippen LogP contribution in [0.15, 0.2) is 40.3 Å². The first-order valence-corrected chi connectivity index (χ1v) is 10.6. The molecule has 4 N–H and O–H groups in total. The number of nitrogens with one attached hydrogen (secondary N) is 1. The summed E-state index contributed by atoms with van der Waals surface area (Å²) in [6.07, 6.45) is 7.12. The average Bonchev–Trinajstić information content (AvgIpc) is 3.37. The summed E-state index contributed by atoms with van der Waals surface area (Å²) in [6, 6.07) is 6.50. The minimum absolute atomic E-state index is 0.135. The van der Waals surface area contributed by atoms with Crippen molar-refractivity contribution in [3.05, 3.63) is 41.3 Å². The summed E-state index contributed by atoms with van der Waals surface area (Å²) in [5, 5.41) is 20.8. The second kappa shape index (κ2) is 10.8. The number of amidine groups is 1. The highest BCUT2D eigenvalue weighted by Gasteiger charge is 2.44. The Kier molecular flexibility index (Phi) is 8.43. The van der Waals surface area contributed by atoms with E-state index in [1.165, 1.54) is 23.0 Å². The second-order valence-corrected chi connectivity index (χ2v) is 7.54. The summed E-state index contributed by atoms with van der Waals surface area (Å²) in [4.78, 5) is 6.71. The molecule has 29 heavy (non-hydrogen) atoms. The summed E-state index contributed by atoms with van der Waals surface area (Å²) in [6.45, 7) is 9.45. The fourth-order valence-electron chi connectivity index (χ4n) is 3.78. The van der Waals surface area contributed by atoms with Gasteiger partial charge >= 0.3 is 0 Å². The molecule has 1 aliphatic rings. The van der Waals surface area contributed by atoms with Crippen LogP contribution in [0.25, 0.3) is 0 Å². The molecule has 6 nitrogen and oxygen atoms in total. The Balaban J connectivity index is 2.42. The third-order valence-electron chi connectivity index (χ3n) is 5.66. The van der Waals surface area contributed by atoms with Gasteiger partial charge in [-0.15, -0.1) is 0 Å². The van der Waals surface area contributed by atoms with Crippen molar-refractivity contribution < 1.29 is 5.11 Å². The lowest BCUT2D eigenvalue weighted by atomic mass is 10.0. The molecule has 0 aliphatic heterocycles. The van der Waals surface area contributed by atoms with Crippen LogP contribution in [0.2, 0.25) is 0 Å². The first kappa shape index (κ1) is 22.7. The third kappa shape index (κ3) is 5.46. The van der Waals surface area contributed by atoms with Gasteiger partial charge in [0.1, 0.15) is 5.84 Å². The highest BCUT2D eigenvalue weighted by Crippen LogP contribution is 2.38. The summed E-state index contributed by atoms with van der Waals surface area (Å²) >= 11 is 0. The van der Waals surface area contributed by atoms with E-state index < -0.39 is 0 Å². The van der Waals surface area contributed by atoms with Crippen LogP contribution in [0.3, 0.4) is 0 Å². The summed E-state index contributed by atoms with van der Waals surface area (Å²) in [5.74, 6) is 7.25. The lowest BCUT2D eigenvalue weighted by Crippen LogP contribution is -2.36. The van der Waals surface area contributed by atoms with Gasteiger partial charge in [-0.3, -0.25) is 4.99 Å². The van der Waals surface area contributed by atoms with Crippen molar-refractivity contribution in [3.63, 3.8) is 0 Å². The van der Waals surface area contributed by atoms with Crippen molar-refractivity contribution in [3.8, 4) is 0 Å². The number of aryl methyl sites for hydroxylation is 2.